The monoisotopic (exact) mass is 434 g/mol. The van der Waals surface area contributed by atoms with E-state index >= 15 is 0 Å². The standard InChI is InChI=1S/C28H22N2O3/c31-25(23-16-15-21-11-7-8-12-22(21)17-23)19-30-26(32)28(29-27(30)33,24-13-5-2-6-14-24)18-20-9-3-1-4-10-20/h1-17H,18-19H2,(H,29,33)/t28-/m0/s1. The number of rotatable bonds is 6. The Hall–Kier alpha value is -4.25. The van der Waals surface area contributed by atoms with Crippen LogP contribution in [0.3, 0.4) is 0 Å². The molecule has 1 heterocycles. The van der Waals surface area contributed by atoms with Gasteiger partial charge in [-0.25, -0.2) is 4.79 Å². The average Bonchev–Trinajstić information content (AvgIpc) is 3.09. The van der Waals surface area contributed by atoms with E-state index in [1.54, 1.807) is 12.1 Å². The van der Waals surface area contributed by atoms with Crippen molar-refractivity contribution in [2.75, 3.05) is 6.54 Å². The van der Waals surface area contributed by atoms with Gasteiger partial charge in [0.05, 0.1) is 6.54 Å². The van der Waals surface area contributed by atoms with Gasteiger partial charge in [-0.2, -0.15) is 0 Å². The fourth-order valence-electron chi connectivity index (χ4n) is 4.41. The number of carbonyl (C=O) groups excluding carboxylic acids is 3. The first-order chi connectivity index (χ1) is 16.1. The highest BCUT2D eigenvalue weighted by molar-refractivity contribution is 6.12. The van der Waals surface area contributed by atoms with Crippen LogP contribution in [0.5, 0.6) is 0 Å². The molecule has 5 rings (SSSR count). The van der Waals surface area contributed by atoms with Crippen LogP contribution in [0.15, 0.2) is 103 Å². The minimum atomic E-state index is -1.26. The molecule has 162 valence electrons. The van der Waals surface area contributed by atoms with E-state index in [2.05, 4.69) is 5.32 Å². The molecule has 0 aliphatic carbocycles. The van der Waals surface area contributed by atoms with Crippen LogP contribution in [0.25, 0.3) is 10.8 Å². The fraction of sp³-hybridized carbons (Fsp3) is 0.107. The van der Waals surface area contributed by atoms with E-state index in [1.165, 1.54) is 0 Å². The summed E-state index contributed by atoms with van der Waals surface area (Å²) in [6.07, 6.45) is 0.295. The van der Waals surface area contributed by atoms with Gasteiger partial charge in [-0.1, -0.05) is 97.1 Å². The number of hydrogen-bond donors (Lipinski definition) is 1. The zero-order valence-electron chi connectivity index (χ0n) is 17.9. The molecule has 5 nitrogen and oxygen atoms in total. The number of ketones is 1. The Kier molecular flexibility index (Phi) is 5.23. The fourth-order valence-corrected chi connectivity index (χ4v) is 4.41. The third-order valence-electron chi connectivity index (χ3n) is 6.13. The van der Waals surface area contributed by atoms with Gasteiger partial charge < -0.3 is 5.32 Å². The molecular formula is C28H22N2O3. The Bertz CT molecular complexity index is 1350. The topological polar surface area (TPSA) is 66.5 Å². The summed E-state index contributed by atoms with van der Waals surface area (Å²) in [4.78, 5) is 40.8. The van der Waals surface area contributed by atoms with E-state index < -0.39 is 17.5 Å². The summed E-state index contributed by atoms with van der Waals surface area (Å²) in [6, 6.07) is 31.3. The number of hydrogen-bond acceptors (Lipinski definition) is 3. The zero-order valence-corrected chi connectivity index (χ0v) is 17.9. The molecule has 0 bridgehead atoms. The molecule has 33 heavy (non-hydrogen) atoms. The number of nitrogens with zero attached hydrogens (tertiary/aromatic N) is 1. The number of amides is 3. The van der Waals surface area contributed by atoms with Gasteiger partial charge in [0.25, 0.3) is 5.91 Å². The van der Waals surface area contributed by atoms with Crippen molar-refractivity contribution in [3.05, 3.63) is 120 Å². The van der Waals surface area contributed by atoms with E-state index in [0.717, 1.165) is 21.2 Å². The van der Waals surface area contributed by atoms with Crippen LogP contribution < -0.4 is 5.32 Å². The summed E-state index contributed by atoms with van der Waals surface area (Å²) < 4.78 is 0. The highest BCUT2D eigenvalue weighted by Gasteiger charge is 2.52. The molecule has 1 aliphatic rings. The van der Waals surface area contributed by atoms with Crippen molar-refractivity contribution in [1.82, 2.24) is 10.2 Å². The van der Waals surface area contributed by atoms with Gasteiger partial charge in [-0.05, 0) is 28.0 Å². The lowest BCUT2D eigenvalue weighted by atomic mass is 9.83. The molecule has 5 heteroatoms. The minimum Gasteiger partial charge on any atom is -0.319 e. The first-order valence-electron chi connectivity index (χ1n) is 10.8. The number of nitrogens with one attached hydrogen (secondary N) is 1. The highest BCUT2D eigenvalue weighted by Crippen LogP contribution is 2.33. The molecule has 1 saturated heterocycles. The largest absolute Gasteiger partial charge is 0.325 e. The van der Waals surface area contributed by atoms with Crippen molar-refractivity contribution in [1.29, 1.82) is 0 Å². The Morgan fingerprint density at radius 2 is 1.39 bits per heavy atom. The van der Waals surface area contributed by atoms with Crippen LogP contribution in [0.4, 0.5) is 4.79 Å². The van der Waals surface area contributed by atoms with Crippen molar-refractivity contribution in [3.63, 3.8) is 0 Å². The van der Waals surface area contributed by atoms with Crippen LogP contribution in [-0.4, -0.2) is 29.2 Å². The smallest absolute Gasteiger partial charge is 0.319 e. The Morgan fingerprint density at radius 3 is 2.12 bits per heavy atom. The Labute approximate surface area is 191 Å². The van der Waals surface area contributed by atoms with Gasteiger partial charge in [0.1, 0.15) is 0 Å². The third-order valence-corrected chi connectivity index (χ3v) is 6.13. The van der Waals surface area contributed by atoms with Crippen LogP contribution >= 0.6 is 0 Å². The first-order valence-corrected chi connectivity index (χ1v) is 10.8. The number of Topliss-reactive ketones (excluding diaryl/α,β-unsaturated/α-hetero) is 1. The number of imide groups is 1. The van der Waals surface area contributed by atoms with Gasteiger partial charge in [0.15, 0.2) is 11.3 Å². The van der Waals surface area contributed by atoms with Gasteiger partial charge in [0.2, 0.25) is 0 Å². The molecule has 0 radical (unpaired) electrons. The number of carbonyl (C=O) groups is 3. The van der Waals surface area contributed by atoms with Crippen molar-refractivity contribution in [2.24, 2.45) is 0 Å². The second-order valence-corrected chi connectivity index (χ2v) is 8.24. The normalized spacial score (nSPS) is 17.9. The SMILES string of the molecule is O=C(CN1C(=O)N[C@@](Cc2ccccc2)(c2ccccc2)C1=O)c1ccc2ccccc2c1. The van der Waals surface area contributed by atoms with Crippen LogP contribution in [0.2, 0.25) is 0 Å². The molecule has 4 aromatic carbocycles. The summed E-state index contributed by atoms with van der Waals surface area (Å²) in [6.45, 7) is -0.313. The highest BCUT2D eigenvalue weighted by atomic mass is 16.2. The molecule has 1 fully saturated rings. The number of fused-ring (bicyclic) bond motifs is 1. The van der Waals surface area contributed by atoms with Crippen LogP contribution in [0, 0.1) is 0 Å². The lowest BCUT2D eigenvalue weighted by molar-refractivity contribution is -0.131. The van der Waals surface area contributed by atoms with Gasteiger partial charge in [0, 0.05) is 12.0 Å². The maximum atomic E-state index is 13.7. The molecule has 1 atom stereocenters. The van der Waals surface area contributed by atoms with Gasteiger partial charge in [-0.3, -0.25) is 14.5 Å². The zero-order chi connectivity index (χ0) is 22.8. The van der Waals surface area contributed by atoms with Crippen molar-refractivity contribution in [3.8, 4) is 0 Å². The average molecular weight is 434 g/mol. The Balaban J connectivity index is 1.47. The summed E-state index contributed by atoms with van der Waals surface area (Å²) in [5.74, 6) is -0.704. The van der Waals surface area contributed by atoms with E-state index in [1.807, 2.05) is 91.0 Å². The molecule has 3 amide bonds. The van der Waals surface area contributed by atoms with E-state index in [0.29, 0.717) is 17.5 Å². The molecule has 1 aliphatic heterocycles. The molecular weight excluding hydrogens is 412 g/mol. The van der Waals surface area contributed by atoms with Crippen molar-refractivity contribution >= 4 is 28.5 Å². The molecule has 0 saturated carbocycles. The van der Waals surface area contributed by atoms with Crippen LogP contribution in [0.1, 0.15) is 21.5 Å². The summed E-state index contributed by atoms with van der Waals surface area (Å²) in [7, 11) is 0. The molecule has 0 unspecified atom stereocenters. The molecule has 1 N–H and O–H groups in total. The second kappa shape index (κ2) is 8.36. The second-order valence-electron chi connectivity index (χ2n) is 8.24. The Morgan fingerprint density at radius 1 is 0.758 bits per heavy atom. The van der Waals surface area contributed by atoms with E-state index in [9.17, 15) is 14.4 Å². The number of urea groups is 1. The number of benzene rings is 4. The first kappa shape index (κ1) is 20.6. The van der Waals surface area contributed by atoms with Crippen molar-refractivity contribution < 1.29 is 14.4 Å². The predicted octanol–water partition coefficient (Wildman–Crippen LogP) is 4.71. The molecule has 0 spiro atoms. The maximum Gasteiger partial charge on any atom is 0.325 e. The minimum absolute atomic E-state index is 0.284. The van der Waals surface area contributed by atoms with Crippen molar-refractivity contribution in [2.45, 2.75) is 12.0 Å². The predicted molar refractivity (Wildman–Crippen MR) is 127 cm³/mol. The quantitative estimate of drug-likeness (QED) is 0.353. The summed E-state index contributed by atoms with van der Waals surface area (Å²) >= 11 is 0. The third kappa shape index (κ3) is 3.78. The maximum absolute atomic E-state index is 13.7. The molecule has 0 aromatic heterocycles. The lowest BCUT2D eigenvalue weighted by Crippen LogP contribution is -2.46. The van der Waals surface area contributed by atoms with Gasteiger partial charge in [-0.15, -0.1) is 0 Å². The van der Waals surface area contributed by atoms with E-state index in [-0.39, 0.29) is 12.3 Å². The lowest BCUT2D eigenvalue weighted by Gasteiger charge is -2.27. The van der Waals surface area contributed by atoms with Gasteiger partial charge >= 0.3 is 6.03 Å². The molecule has 4 aromatic rings. The van der Waals surface area contributed by atoms with E-state index in [4.69, 9.17) is 0 Å². The van der Waals surface area contributed by atoms with Crippen LogP contribution in [-0.2, 0) is 16.8 Å². The summed E-state index contributed by atoms with van der Waals surface area (Å²) in [5.41, 5.74) is 0.809. The summed E-state index contributed by atoms with van der Waals surface area (Å²) in [5, 5.41) is 4.86.